The van der Waals surface area contributed by atoms with Crippen molar-refractivity contribution in [2.24, 2.45) is 34.5 Å². The Balaban J connectivity index is 1.10. The number of allylic oxidation sites excluding steroid dienone is 1. The molecule has 1 aromatic rings. The van der Waals surface area contributed by atoms with Gasteiger partial charge in [-0.25, -0.2) is 0 Å². The molecule has 0 bridgehead atoms. The van der Waals surface area contributed by atoms with Crippen molar-refractivity contribution in [1.82, 2.24) is 9.80 Å². The van der Waals surface area contributed by atoms with Crippen molar-refractivity contribution in [2.75, 3.05) is 33.8 Å². The Kier molecular flexibility index (Phi) is 6.72. The molecule has 4 aliphatic carbocycles. The van der Waals surface area contributed by atoms with E-state index in [0.29, 0.717) is 33.5 Å². The van der Waals surface area contributed by atoms with Gasteiger partial charge >= 0.3 is 0 Å². The van der Waals surface area contributed by atoms with E-state index in [0.717, 1.165) is 42.0 Å². The molecule has 5 heteroatoms. The molecule has 1 heterocycles. The number of nitrogens with zero attached hydrogens (tertiary/aromatic N) is 2. The average Bonchev–Trinajstić information content (AvgIpc) is 3.33. The molecule has 0 radical (unpaired) electrons. The molecule has 0 amide bonds. The summed E-state index contributed by atoms with van der Waals surface area (Å²) < 4.78 is 5.99. The Morgan fingerprint density at radius 2 is 1.89 bits per heavy atom. The molecule has 5 aliphatic rings. The smallest absolute Gasteiger partial charge is 0.138 e. The monoisotopic (exact) mass is 530 g/mol. The van der Waals surface area contributed by atoms with E-state index < -0.39 is 0 Å². The van der Waals surface area contributed by atoms with Gasteiger partial charge in [-0.15, -0.1) is 0 Å². The van der Waals surface area contributed by atoms with Crippen LogP contribution in [0.5, 0.6) is 5.75 Å². The van der Waals surface area contributed by atoms with Gasteiger partial charge in [0.1, 0.15) is 12.4 Å². The molecule has 198 valence electrons. The van der Waals surface area contributed by atoms with Gasteiger partial charge < -0.3 is 9.64 Å². The summed E-state index contributed by atoms with van der Waals surface area (Å²) in [5.41, 5.74) is 2.82. The summed E-state index contributed by atoms with van der Waals surface area (Å²) >= 11 is 12.3. The molecule has 36 heavy (non-hydrogen) atoms. The van der Waals surface area contributed by atoms with E-state index in [9.17, 15) is 0 Å². The Labute approximate surface area is 228 Å². The van der Waals surface area contributed by atoms with Crippen LogP contribution in [0, 0.1) is 34.5 Å². The van der Waals surface area contributed by atoms with E-state index in [4.69, 9.17) is 27.9 Å². The minimum atomic E-state index is 0.420. The fourth-order valence-electron chi connectivity index (χ4n) is 9.89. The molecule has 0 N–H and O–H groups in total. The first kappa shape index (κ1) is 25.5. The number of ether oxygens (including phenoxy) is 1. The van der Waals surface area contributed by atoms with E-state index in [-0.39, 0.29) is 0 Å². The number of likely N-dealkylation sites (tertiary alicyclic amines) is 1. The van der Waals surface area contributed by atoms with E-state index in [2.05, 4.69) is 43.8 Å². The molecule has 8 atom stereocenters. The number of hydrogen-bond donors (Lipinski definition) is 0. The lowest BCUT2D eigenvalue weighted by Crippen LogP contribution is -2.52. The molecule has 1 spiro atoms. The van der Waals surface area contributed by atoms with E-state index in [1.54, 1.807) is 11.6 Å². The first-order valence-electron chi connectivity index (χ1n) is 14.4. The zero-order valence-corrected chi connectivity index (χ0v) is 24.1. The largest absolute Gasteiger partial charge is 0.491 e. The molecule has 0 aromatic heterocycles. The van der Waals surface area contributed by atoms with Crippen LogP contribution in [0.15, 0.2) is 29.8 Å². The van der Waals surface area contributed by atoms with Gasteiger partial charge in [-0.2, -0.15) is 0 Å². The Bertz CT molecular complexity index is 1030. The van der Waals surface area contributed by atoms with Gasteiger partial charge in [0.05, 0.1) is 5.02 Å². The fraction of sp³-hybridized carbons (Fsp3) is 0.742. The number of likely N-dealkylation sites (N-methyl/N-ethyl adjacent to an activating group) is 1. The van der Waals surface area contributed by atoms with Crippen molar-refractivity contribution in [3.8, 4) is 5.75 Å². The van der Waals surface area contributed by atoms with E-state index >= 15 is 0 Å². The van der Waals surface area contributed by atoms with Gasteiger partial charge in [0.25, 0.3) is 0 Å². The van der Waals surface area contributed by atoms with Crippen LogP contribution in [-0.2, 0) is 0 Å². The highest BCUT2D eigenvalue weighted by molar-refractivity contribution is 6.35. The molecular formula is C31H44Cl2N2O. The van der Waals surface area contributed by atoms with Gasteiger partial charge in [0.15, 0.2) is 0 Å². The highest BCUT2D eigenvalue weighted by Crippen LogP contribution is 2.68. The molecule has 6 rings (SSSR count). The number of rotatable bonds is 5. The normalized spacial score (nSPS) is 41.9. The third kappa shape index (κ3) is 3.98. The molecule has 3 saturated carbocycles. The minimum absolute atomic E-state index is 0.420. The van der Waals surface area contributed by atoms with Crippen molar-refractivity contribution in [3.05, 3.63) is 39.9 Å². The lowest BCUT2D eigenvalue weighted by molar-refractivity contribution is -0.0439. The van der Waals surface area contributed by atoms with Crippen LogP contribution in [0.1, 0.15) is 65.2 Å². The standard InChI is InChI=1S/C31H44Cl2N2O/c1-20-25-8-9-27-24-7-5-21-17-23(34(3)15-16-36-29-10-6-22(32)18-28(29)33)11-13-30(21,2)26(24)12-14-31(25,27)19-35(20)4/h5-6,10,18,20,23-27H,7-9,11-17,19H2,1-4H3/t20-,23-,24+,25+,26-,27-,30-,31-/m0/s1. The maximum absolute atomic E-state index is 6.29. The van der Waals surface area contributed by atoms with Crippen molar-refractivity contribution in [2.45, 2.75) is 77.3 Å². The second-order valence-corrected chi connectivity index (χ2v) is 14.0. The van der Waals surface area contributed by atoms with Crippen LogP contribution in [0.2, 0.25) is 10.0 Å². The number of hydrogen-bond acceptors (Lipinski definition) is 3. The lowest BCUT2D eigenvalue weighted by Gasteiger charge is -2.58. The quantitative estimate of drug-likeness (QED) is 0.365. The van der Waals surface area contributed by atoms with Gasteiger partial charge in [0, 0.05) is 30.2 Å². The van der Waals surface area contributed by atoms with Crippen LogP contribution in [0.4, 0.5) is 0 Å². The summed E-state index contributed by atoms with van der Waals surface area (Å²) in [6.45, 7) is 8.06. The van der Waals surface area contributed by atoms with Gasteiger partial charge in [0.2, 0.25) is 0 Å². The first-order valence-corrected chi connectivity index (χ1v) is 15.2. The van der Waals surface area contributed by atoms with Crippen LogP contribution < -0.4 is 4.74 Å². The van der Waals surface area contributed by atoms with Crippen LogP contribution >= 0.6 is 23.2 Å². The second-order valence-electron chi connectivity index (χ2n) is 13.2. The van der Waals surface area contributed by atoms with Gasteiger partial charge in [-0.3, -0.25) is 4.90 Å². The zero-order chi connectivity index (χ0) is 25.2. The fourth-order valence-corrected chi connectivity index (χ4v) is 10.4. The van der Waals surface area contributed by atoms with Crippen LogP contribution in [0.3, 0.4) is 0 Å². The topological polar surface area (TPSA) is 15.7 Å². The van der Waals surface area contributed by atoms with E-state index in [1.807, 2.05) is 12.1 Å². The summed E-state index contributed by atoms with van der Waals surface area (Å²) in [5.74, 6) is 4.44. The summed E-state index contributed by atoms with van der Waals surface area (Å²) in [5, 5.41) is 1.23. The van der Waals surface area contributed by atoms with Gasteiger partial charge in [-0.1, -0.05) is 41.8 Å². The first-order chi connectivity index (χ1) is 17.2. The van der Waals surface area contributed by atoms with Gasteiger partial charge in [-0.05, 0) is 125 Å². The van der Waals surface area contributed by atoms with Crippen molar-refractivity contribution in [1.29, 1.82) is 0 Å². The Morgan fingerprint density at radius 3 is 2.69 bits per heavy atom. The number of halogens is 2. The summed E-state index contributed by atoms with van der Waals surface area (Å²) in [7, 11) is 4.65. The number of benzene rings is 1. The lowest BCUT2D eigenvalue weighted by atomic mass is 9.47. The third-order valence-electron chi connectivity index (χ3n) is 11.9. The maximum atomic E-state index is 6.29. The second kappa shape index (κ2) is 9.47. The third-order valence-corrected chi connectivity index (χ3v) is 12.4. The van der Waals surface area contributed by atoms with Crippen LogP contribution in [0.25, 0.3) is 0 Å². The molecule has 4 fully saturated rings. The van der Waals surface area contributed by atoms with Crippen molar-refractivity contribution in [3.63, 3.8) is 0 Å². The predicted octanol–water partition coefficient (Wildman–Crippen LogP) is 7.57. The highest BCUT2D eigenvalue weighted by Gasteiger charge is 2.63. The number of fused-ring (bicyclic) bond motifs is 4. The molecule has 1 saturated heterocycles. The zero-order valence-electron chi connectivity index (χ0n) is 22.6. The highest BCUT2D eigenvalue weighted by atomic mass is 35.5. The summed E-state index contributed by atoms with van der Waals surface area (Å²) in [6, 6.07) is 6.84. The molecule has 0 unspecified atom stereocenters. The minimum Gasteiger partial charge on any atom is -0.491 e. The van der Waals surface area contributed by atoms with Crippen molar-refractivity contribution >= 4 is 23.2 Å². The SMILES string of the molecule is C[C@H]1[C@H]2CC[C@H]3[C@@H]4CC=C5C[C@@H](N(C)CCOc6ccc(Cl)cc6Cl)CC[C@]5(C)[C@H]4CC[C@]23CN1C. The molecule has 3 nitrogen and oxygen atoms in total. The average molecular weight is 532 g/mol. The molecular weight excluding hydrogens is 487 g/mol. The predicted molar refractivity (Wildman–Crippen MR) is 150 cm³/mol. The molecule has 1 aromatic carbocycles. The Hall–Kier alpha value is -0.740. The van der Waals surface area contributed by atoms with Crippen molar-refractivity contribution < 1.29 is 4.74 Å². The summed E-state index contributed by atoms with van der Waals surface area (Å²) in [4.78, 5) is 5.21. The maximum Gasteiger partial charge on any atom is 0.138 e. The van der Waals surface area contributed by atoms with Crippen LogP contribution in [-0.4, -0.2) is 55.7 Å². The van der Waals surface area contributed by atoms with E-state index in [1.165, 1.54) is 57.9 Å². The summed E-state index contributed by atoms with van der Waals surface area (Å²) in [6.07, 6.45) is 13.8. The molecule has 1 aliphatic heterocycles. The Morgan fingerprint density at radius 1 is 1.08 bits per heavy atom.